The summed E-state index contributed by atoms with van der Waals surface area (Å²) in [6, 6.07) is 6.51. The molecule has 0 aliphatic heterocycles. The van der Waals surface area contributed by atoms with E-state index in [1.54, 1.807) is 24.3 Å². The maximum atomic E-state index is 12.8. The van der Waals surface area contributed by atoms with Crippen molar-refractivity contribution >= 4 is 17.5 Å². The van der Waals surface area contributed by atoms with Crippen LogP contribution in [0.25, 0.3) is 0 Å². The largest absolute Gasteiger partial charge is 0.440 e. The number of Topliss-reactive ketones (excluding diaryl/α,β-unsaturated/α-hetero) is 2. The molecule has 1 aromatic carbocycles. The van der Waals surface area contributed by atoms with Crippen molar-refractivity contribution < 1.29 is 24.2 Å². The van der Waals surface area contributed by atoms with Gasteiger partial charge in [-0.3, -0.25) is 9.59 Å². The molecule has 1 aliphatic rings. The zero-order chi connectivity index (χ0) is 17.6. The van der Waals surface area contributed by atoms with Crippen LogP contribution in [0.2, 0.25) is 0 Å². The first-order valence-corrected chi connectivity index (χ1v) is 8.58. The van der Waals surface area contributed by atoms with E-state index in [-0.39, 0.29) is 6.42 Å². The summed E-state index contributed by atoms with van der Waals surface area (Å²) in [7, 11) is 0. The van der Waals surface area contributed by atoms with Gasteiger partial charge in [-0.2, -0.15) is 0 Å². The van der Waals surface area contributed by atoms with Crippen LogP contribution in [0.1, 0.15) is 72.6 Å². The number of aliphatic hydroxyl groups excluding tert-OH is 1. The quantitative estimate of drug-likeness (QED) is 0.427. The Balaban J connectivity index is 2.15. The molecule has 0 aromatic heterocycles. The first-order valence-electron chi connectivity index (χ1n) is 8.58. The lowest BCUT2D eigenvalue weighted by Crippen LogP contribution is -2.46. The van der Waals surface area contributed by atoms with Crippen LogP contribution in [0.15, 0.2) is 24.3 Å². The molecule has 0 saturated carbocycles. The minimum absolute atomic E-state index is 0.164. The van der Waals surface area contributed by atoms with E-state index in [0.717, 1.165) is 32.1 Å². The monoisotopic (exact) mass is 332 g/mol. The molecular formula is C19H24O5. The summed E-state index contributed by atoms with van der Waals surface area (Å²) in [5.74, 6) is -1.90. The minimum Gasteiger partial charge on any atom is -0.440 e. The Morgan fingerprint density at radius 3 is 2.08 bits per heavy atom. The fourth-order valence-electron chi connectivity index (χ4n) is 3.17. The molecule has 0 unspecified atom stereocenters. The second-order valence-corrected chi connectivity index (χ2v) is 6.18. The van der Waals surface area contributed by atoms with Gasteiger partial charge >= 0.3 is 5.97 Å². The third-order valence-electron chi connectivity index (χ3n) is 4.45. The van der Waals surface area contributed by atoms with Crippen LogP contribution in [0.5, 0.6) is 0 Å². The van der Waals surface area contributed by atoms with Gasteiger partial charge in [0.25, 0.3) is 0 Å². The molecule has 0 amide bonds. The SMILES string of the molecule is CCCCCCCCC1(OC(=O)CO)C(=O)c2ccccc2C1=O. The second kappa shape index (κ2) is 8.20. The Kier molecular flexibility index (Phi) is 6.26. The molecule has 0 fully saturated rings. The highest BCUT2D eigenvalue weighted by atomic mass is 16.6. The molecular weight excluding hydrogens is 308 g/mol. The molecule has 1 aliphatic carbocycles. The van der Waals surface area contributed by atoms with E-state index < -0.39 is 29.7 Å². The van der Waals surface area contributed by atoms with Gasteiger partial charge in [-0.05, 0) is 6.42 Å². The summed E-state index contributed by atoms with van der Waals surface area (Å²) in [5.41, 5.74) is -1.22. The number of unbranched alkanes of at least 4 members (excludes halogenated alkanes) is 5. The second-order valence-electron chi connectivity index (χ2n) is 6.18. The highest BCUT2D eigenvalue weighted by Crippen LogP contribution is 2.37. The lowest BCUT2D eigenvalue weighted by molar-refractivity contribution is -0.155. The lowest BCUT2D eigenvalue weighted by atomic mass is 9.90. The first kappa shape index (κ1) is 18.3. The molecule has 1 aromatic rings. The van der Waals surface area contributed by atoms with Crippen LogP contribution in [0.3, 0.4) is 0 Å². The Morgan fingerprint density at radius 2 is 1.54 bits per heavy atom. The van der Waals surface area contributed by atoms with Gasteiger partial charge < -0.3 is 9.84 Å². The van der Waals surface area contributed by atoms with Gasteiger partial charge in [-0.25, -0.2) is 4.79 Å². The Morgan fingerprint density at radius 1 is 1.00 bits per heavy atom. The summed E-state index contributed by atoms with van der Waals surface area (Å²) in [6.07, 6.45) is 6.09. The molecule has 5 heteroatoms. The van der Waals surface area contributed by atoms with Gasteiger partial charge in [0.1, 0.15) is 6.61 Å². The maximum absolute atomic E-state index is 12.8. The molecule has 0 spiro atoms. The summed E-state index contributed by atoms with van der Waals surface area (Å²) < 4.78 is 5.19. The average Bonchev–Trinajstić information content (AvgIpc) is 2.81. The molecule has 0 saturated heterocycles. The van der Waals surface area contributed by atoms with E-state index in [2.05, 4.69) is 6.92 Å². The van der Waals surface area contributed by atoms with E-state index in [1.165, 1.54) is 0 Å². The van der Waals surface area contributed by atoms with Crippen LogP contribution in [0, 0.1) is 0 Å². The van der Waals surface area contributed by atoms with Crippen molar-refractivity contribution in [2.75, 3.05) is 6.61 Å². The number of esters is 1. The number of carbonyl (C=O) groups excluding carboxylic acids is 3. The molecule has 0 bridgehead atoms. The van der Waals surface area contributed by atoms with E-state index in [9.17, 15) is 14.4 Å². The number of hydrogen-bond acceptors (Lipinski definition) is 5. The van der Waals surface area contributed by atoms with Crippen LogP contribution < -0.4 is 0 Å². The van der Waals surface area contributed by atoms with E-state index in [0.29, 0.717) is 17.5 Å². The zero-order valence-electron chi connectivity index (χ0n) is 14.0. The van der Waals surface area contributed by atoms with Crippen molar-refractivity contribution in [2.24, 2.45) is 0 Å². The summed E-state index contributed by atoms with van der Waals surface area (Å²) in [5, 5.41) is 8.97. The smallest absolute Gasteiger partial charge is 0.333 e. The topological polar surface area (TPSA) is 80.7 Å². The number of hydrogen-bond donors (Lipinski definition) is 1. The zero-order valence-corrected chi connectivity index (χ0v) is 14.0. The van der Waals surface area contributed by atoms with Gasteiger partial charge in [-0.15, -0.1) is 0 Å². The lowest BCUT2D eigenvalue weighted by Gasteiger charge is -2.25. The summed E-state index contributed by atoms with van der Waals surface area (Å²) in [4.78, 5) is 37.1. The molecule has 130 valence electrons. The van der Waals surface area contributed by atoms with Gasteiger partial charge in [0, 0.05) is 17.5 Å². The van der Waals surface area contributed by atoms with Crippen molar-refractivity contribution in [1.29, 1.82) is 0 Å². The summed E-state index contributed by atoms with van der Waals surface area (Å²) in [6.45, 7) is 1.28. The molecule has 5 nitrogen and oxygen atoms in total. The van der Waals surface area contributed by atoms with Crippen LogP contribution in [-0.2, 0) is 9.53 Å². The fraction of sp³-hybridized carbons (Fsp3) is 0.526. The standard InChI is InChI=1S/C19H24O5/c1-2-3-4-5-6-9-12-19(24-16(21)13-20)17(22)14-10-7-8-11-15(14)18(19)23/h7-8,10-11,20H,2-6,9,12-13H2,1H3. The molecule has 2 rings (SSSR count). The molecule has 0 atom stereocenters. The highest BCUT2D eigenvalue weighted by Gasteiger charge is 2.55. The number of aliphatic hydroxyl groups is 1. The Bertz CT molecular complexity index is 585. The van der Waals surface area contributed by atoms with Gasteiger partial charge in [-0.1, -0.05) is 63.3 Å². The van der Waals surface area contributed by atoms with Gasteiger partial charge in [0.05, 0.1) is 0 Å². The predicted octanol–water partition coefficient (Wildman–Crippen LogP) is 3.09. The number of benzene rings is 1. The molecule has 24 heavy (non-hydrogen) atoms. The average molecular weight is 332 g/mol. The number of carbonyl (C=O) groups is 3. The minimum atomic E-state index is -1.80. The first-order chi connectivity index (χ1) is 11.6. The maximum Gasteiger partial charge on any atom is 0.333 e. The Hall–Kier alpha value is -2.01. The fourth-order valence-corrected chi connectivity index (χ4v) is 3.17. The van der Waals surface area contributed by atoms with Crippen molar-refractivity contribution in [3.8, 4) is 0 Å². The number of ketones is 2. The predicted molar refractivity (Wildman–Crippen MR) is 89.0 cm³/mol. The molecule has 0 radical (unpaired) electrons. The van der Waals surface area contributed by atoms with Crippen LogP contribution in [-0.4, -0.2) is 34.9 Å². The van der Waals surface area contributed by atoms with Gasteiger partial charge in [0.2, 0.25) is 17.2 Å². The molecule has 1 N–H and O–H groups in total. The van der Waals surface area contributed by atoms with Crippen LogP contribution in [0.4, 0.5) is 0 Å². The van der Waals surface area contributed by atoms with Crippen molar-refractivity contribution in [3.05, 3.63) is 35.4 Å². The Labute approximate surface area is 142 Å². The van der Waals surface area contributed by atoms with Crippen molar-refractivity contribution in [1.82, 2.24) is 0 Å². The van der Waals surface area contributed by atoms with Crippen molar-refractivity contribution in [3.63, 3.8) is 0 Å². The molecule has 0 heterocycles. The number of fused-ring (bicyclic) bond motifs is 1. The van der Waals surface area contributed by atoms with E-state index in [1.807, 2.05) is 0 Å². The van der Waals surface area contributed by atoms with Crippen molar-refractivity contribution in [2.45, 2.75) is 57.5 Å². The van der Waals surface area contributed by atoms with Crippen LogP contribution >= 0.6 is 0 Å². The third-order valence-corrected chi connectivity index (χ3v) is 4.45. The number of rotatable bonds is 9. The highest BCUT2D eigenvalue weighted by molar-refractivity contribution is 6.32. The van der Waals surface area contributed by atoms with E-state index in [4.69, 9.17) is 9.84 Å². The van der Waals surface area contributed by atoms with E-state index >= 15 is 0 Å². The number of ether oxygens (including phenoxy) is 1. The third kappa shape index (κ3) is 3.56. The normalized spacial score (nSPS) is 15.4. The summed E-state index contributed by atoms with van der Waals surface area (Å²) >= 11 is 0. The van der Waals surface area contributed by atoms with Gasteiger partial charge in [0.15, 0.2) is 0 Å².